The normalized spacial score (nSPS) is 17.2. The fourth-order valence-electron chi connectivity index (χ4n) is 4.87. The van der Waals surface area contributed by atoms with E-state index in [2.05, 4.69) is 41.6 Å². The number of ether oxygens (including phenoxy) is 2. The number of nitrogens with one attached hydrogen (secondary N) is 2. The van der Waals surface area contributed by atoms with Crippen LogP contribution in [0.5, 0.6) is 5.75 Å². The maximum absolute atomic E-state index is 12.8. The summed E-state index contributed by atoms with van der Waals surface area (Å²) in [5.74, 6) is 1.48. The first-order valence-corrected chi connectivity index (χ1v) is 16.0. The number of rotatable bonds is 8. The van der Waals surface area contributed by atoms with E-state index in [1.54, 1.807) is 20.4 Å². The van der Waals surface area contributed by atoms with E-state index in [4.69, 9.17) is 21.1 Å². The molecule has 0 atom stereocenters. The molecule has 2 aliphatic heterocycles. The van der Waals surface area contributed by atoms with E-state index in [0.29, 0.717) is 28.2 Å². The summed E-state index contributed by atoms with van der Waals surface area (Å²) in [7, 11) is -0.854. The molecule has 0 saturated carbocycles. The third kappa shape index (κ3) is 6.65. The van der Waals surface area contributed by atoms with Gasteiger partial charge in [0.1, 0.15) is 17.9 Å². The van der Waals surface area contributed by atoms with E-state index in [9.17, 15) is 4.57 Å². The zero-order valence-electron chi connectivity index (χ0n) is 22.6. The lowest BCUT2D eigenvalue weighted by Crippen LogP contribution is -2.56. The molecule has 208 valence electrons. The predicted molar refractivity (Wildman–Crippen MR) is 158 cm³/mol. The summed E-state index contributed by atoms with van der Waals surface area (Å²) in [6, 6.07) is 13.6. The number of anilines is 5. The van der Waals surface area contributed by atoms with Gasteiger partial charge < -0.3 is 29.6 Å². The number of morpholine rings is 1. The van der Waals surface area contributed by atoms with Crippen molar-refractivity contribution in [1.29, 1.82) is 0 Å². The quantitative estimate of drug-likeness (QED) is 0.382. The van der Waals surface area contributed by atoms with Crippen LogP contribution in [0, 0.1) is 0 Å². The van der Waals surface area contributed by atoms with E-state index in [1.807, 2.05) is 36.4 Å². The van der Waals surface area contributed by atoms with Gasteiger partial charge in [-0.25, -0.2) is 15.0 Å². The van der Waals surface area contributed by atoms with Crippen LogP contribution in [0.3, 0.4) is 0 Å². The van der Waals surface area contributed by atoms with Crippen molar-refractivity contribution in [2.24, 2.45) is 0 Å². The number of halogens is 1. The Morgan fingerprint density at radius 3 is 2.38 bits per heavy atom. The molecule has 0 radical (unpaired) electrons. The van der Waals surface area contributed by atoms with E-state index < -0.39 is 7.14 Å². The van der Waals surface area contributed by atoms with Crippen molar-refractivity contribution >= 4 is 52.9 Å². The highest BCUT2D eigenvalue weighted by Gasteiger charge is 2.24. The minimum atomic E-state index is -2.51. The van der Waals surface area contributed by atoms with Crippen molar-refractivity contribution in [2.75, 3.05) is 88.5 Å². The summed E-state index contributed by atoms with van der Waals surface area (Å²) in [6.45, 7) is 10.8. The fraction of sp³-hybridized carbons (Fsp3) is 0.407. The lowest BCUT2D eigenvalue weighted by atomic mass is 10.2. The van der Waals surface area contributed by atoms with Gasteiger partial charge in [-0.05, 0) is 37.6 Å². The van der Waals surface area contributed by atoms with E-state index in [1.165, 1.54) is 6.20 Å². The molecule has 12 heteroatoms. The summed E-state index contributed by atoms with van der Waals surface area (Å²) >= 11 is 6.41. The second kappa shape index (κ2) is 12.1. The number of hydrogen-bond donors (Lipinski definition) is 2. The molecule has 0 spiro atoms. The predicted octanol–water partition coefficient (Wildman–Crippen LogP) is 4.24. The number of piperazine rings is 1. The summed E-state index contributed by atoms with van der Waals surface area (Å²) in [6.07, 6.45) is 1.54. The topological polar surface area (TPSA) is 95.1 Å². The first kappa shape index (κ1) is 27.7. The van der Waals surface area contributed by atoms with E-state index >= 15 is 0 Å². The number of nitrogens with zero attached hydrogens (tertiary/aromatic N) is 5. The Balaban J connectivity index is 1.29. The molecule has 3 heterocycles. The molecule has 0 unspecified atom stereocenters. The third-order valence-corrected chi connectivity index (χ3v) is 8.75. The first-order valence-electron chi connectivity index (χ1n) is 13.0. The largest absolute Gasteiger partial charge is 0.494 e. The van der Waals surface area contributed by atoms with Crippen molar-refractivity contribution in [3.63, 3.8) is 0 Å². The lowest BCUT2D eigenvalue weighted by Gasteiger charge is -2.43. The van der Waals surface area contributed by atoms with Gasteiger partial charge in [0.25, 0.3) is 0 Å². The zero-order valence-corrected chi connectivity index (χ0v) is 24.2. The van der Waals surface area contributed by atoms with Crippen molar-refractivity contribution in [2.45, 2.75) is 0 Å². The van der Waals surface area contributed by atoms with Crippen molar-refractivity contribution in [3.8, 4) is 5.75 Å². The van der Waals surface area contributed by atoms with Crippen molar-refractivity contribution in [1.82, 2.24) is 20.0 Å². The molecule has 2 aromatic carbocycles. The van der Waals surface area contributed by atoms with Crippen molar-refractivity contribution < 1.29 is 14.0 Å². The van der Waals surface area contributed by atoms with Crippen LogP contribution in [0.25, 0.3) is 0 Å². The SMILES string of the molecule is COc1cc(N2CCN(N3CCOCC3)CC2)ccc1Nc1ncc(Cl)c(Nc2ccccc2P(C)(C)=O)n1. The van der Waals surface area contributed by atoms with Gasteiger partial charge in [-0.15, -0.1) is 0 Å². The molecule has 3 aromatic rings. The van der Waals surface area contributed by atoms with E-state index in [0.717, 1.165) is 69.2 Å². The smallest absolute Gasteiger partial charge is 0.229 e. The zero-order chi connectivity index (χ0) is 27.4. The molecule has 0 amide bonds. The molecule has 1 aromatic heterocycles. The Kier molecular flexibility index (Phi) is 8.59. The van der Waals surface area contributed by atoms with Crippen LogP contribution in [0.2, 0.25) is 5.02 Å². The standard InChI is InChI=1S/C27H35ClN7O3P/c1-37-24-18-20(33-10-12-34(13-11-33)35-14-16-38-17-15-35)8-9-22(24)31-27-29-19-21(28)26(32-27)30-23-6-4-5-7-25(23)39(2,3)36/h4-9,18-19H,10-17H2,1-3H3,(H2,29,30,31,32). The molecule has 2 N–H and O–H groups in total. The third-order valence-electron chi connectivity index (χ3n) is 6.92. The highest BCUT2D eigenvalue weighted by Crippen LogP contribution is 2.39. The number of methoxy groups -OCH3 is 1. The van der Waals surface area contributed by atoms with Crippen LogP contribution in [0.1, 0.15) is 0 Å². The van der Waals surface area contributed by atoms with Gasteiger partial charge in [-0.2, -0.15) is 4.98 Å². The molecular formula is C27H35ClN7O3P. The summed E-state index contributed by atoms with van der Waals surface area (Å²) in [5.41, 5.74) is 2.56. The number of hydrogen-bond acceptors (Lipinski definition) is 10. The molecular weight excluding hydrogens is 537 g/mol. The fourth-order valence-corrected chi connectivity index (χ4v) is 6.16. The van der Waals surface area contributed by atoms with Crippen LogP contribution in [0.4, 0.5) is 28.8 Å². The average molecular weight is 572 g/mol. The molecule has 10 nitrogen and oxygen atoms in total. The number of hydrazine groups is 1. The summed E-state index contributed by atoms with van der Waals surface area (Å²) < 4.78 is 24.0. The molecule has 2 saturated heterocycles. The molecule has 2 fully saturated rings. The minimum absolute atomic E-state index is 0.357. The molecule has 5 rings (SSSR count). The summed E-state index contributed by atoms with van der Waals surface area (Å²) in [5, 5.41) is 12.4. The van der Waals surface area contributed by atoms with Crippen LogP contribution < -0.4 is 25.6 Å². The number of benzene rings is 2. The Hall–Kier alpha value is -2.88. The van der Waals surface area contributed by atoms with E-state index in [-0.39, 0.29) is 0 Å². The van der Waals surface area contributed by atoms with Crippen LogP contribution in [0.15, 0.2) is 48.7 Å². The van der Waals surface area contributed by atoms with Crippen LogP contribution in [-0.2, 0) is 9.30 Å². The van der Waals surface area contributed by atoms with Gasteiger partial charge in [0, 0.05) is 56.3 Å². The molecule has 0 aliphatic carbocycles. The monoisotopic (exact) mass is 571 g/mol. The summed E-state index contributed by atoms with van der Waals surface area (Å²) in [4.78, 5) is 11.3. The van der Waals surface area contributed by atoms with Gasteiger partial charge in [0.15, 0.2) is 5.82 Å². The lowest BCUT2D eigenvalue weighted by molar-refractivity contribution is -0.0919. The Morgan fingerprint density at radius 2 is 1.67 bits per heavy atom. The molecule has 39 heavy (non-hydrogen) atoms. The van der Waals surface area contributed by atoms with Gasteiger partial charge in [0.2, 0.25) is 5.95 Å². The van der Waals surface area contributed by atoms with Crippen molar-refractivity contribution in [3.05, 3.63) is 53.7 Å². The van der Waals surface area contributed by atoms with Crippen LogP contribution in [-0.4, -0.2) is 92.9 Å². The maximum atomic E-state index is 12.8. The second-order valence-electron chi connectivity index (χ2n) is 9.90. The van der Waals surface area contributed by atoms with Gasteiger partial charge in [0.05, 0.1) is 37.9 Å². The Bertz CT molecular complexity index is 1340. The maximum Gasteiger partial charge on any atom is 0.229 e. The van der Waals surface area contributed by atoms with Gasteiger partial charge in [-0.3, -0.25) is 0 Å². The average Bonchev–Trinajstić information content (AvgIpc) is 2.95. The minimum Gasteiger partial charge on any atom is -0.494 e. The highest BCUT2D eigenvalue weighted by atomic mass is 35.5. The second-order valence-corrected chi connectivity index (χ2v) is 13.5. The number of aromatic nitrogens is 2. The van der Waals surface area contributed by atoms with Gasteiger partial charge >= 0.3 is 0 Å². The number of para-hydroxylation sites is 1. The van der Waals surface area contributed by atoms with Gasteiger partial charge in [-0.1, -0.05) is 23.7 Å². The van der Waals surface area contributed by atoms with Crippen LogP contribution >= 0.6 is 18.7 Å². The Morgan fingerprint density at radius 1 is 0.949 bits per heavy atom. The first-order chi connectivity index (χ1) is 18.8. The Labute approximate surface area is 234 Å². The molecule has 0 bridgehead atoms. The molecule has 2 aliphatic rings. The highest BCUT2D eigenvalue weighted by molar-refractivity contribution is 7.70.